The van der Waals surface area contributed by atoms with Crippen molar-refractivity contribution in [1.29, 1.82) is 0 Å². The number of ether oxygens (including phenoxy) is 2. The zero-order valence-electron chi connectivity index (χ0n) is 26.3. The molecule has 1 saturated heterocycles. The SMILES string of the molecule is C=CC(=O)OC1CCC2(C)C(C1)CC(O)C1C2CC(O)C2(C)C(C(C)CCC(=O)NC3C(O)OC(CO)C(O)C3O)CCC12. The minimum atomic E-state index is -1.56. The molecule has 5 fully saturated rings. The van der Waals surface area contributed by atoms with Crippen molar-refractivity contribution in [2.75, 3.05) is 6.61 Å². The maximum Gasteiger partial charge on any atom is 0.330 e. The summed E-state index contributed by atoms with van der Waals surface area (Å²) in [5.41, 5.74) is -0.446. The molecule has 250 valence electrons. The van der Waals surface area contributed by atoms with Gasteiger partial charge in [-0.2, -0.15) is 0 Å². The van der Waals surface area contributed by atoms with Gasteiger partial charge < -0.3 is 45.4 Å². The van der Waals surface area contributed by atoms with Gasteiger partial charge in [-0.3, -0.25) is 4.79 Å². The monoisotopic (exact) mass is 623 g/mol. The van der Waals surface area contributed by atoms with Gasteiger partial charge in [-0.1, -0.05) is 27.4 Å². The molecule has 1 heterocycles. The summed E-state index contributed by atoms with van der Waals surface area (Å²) in [5, 5.41) is 66.1. The lowest BCUT2D eigenvalue weighted by Crippen LogP contribution is -2.64. The summed E-state index contributed by atoms with van der Waals surface area (Å²) in [6.45, 7) is 9.52. The number of amides is 1. The van der Waals surface area contributed by atoms with E-state index in [4.69, 9.17) is 9.47 Å². The van der Waals surface area contributed by atoms with Crippen molar-refractivity contribution in [2.45, 2.75) is 128 Å². The molecule has 1 aliphatic heterocycles. The van der Waals surface area contributed by atoms with Crippen LogP contribution in [0.15, 0.2) is 12.7 Å². The Kier molecular flexibility index (Phi) is 9.89. The van der Waals surface area contributed by atoms with E-state index in [-0.39, 0.29) is 53.4 Å². The van der Waals surface area contributed by atoms with Crippen molar-refractivity contribution >= 4 is 11.9 Å². The number of carbonyl (C=O) groups excluding carboxylic acids is 2. The highest BCUT2D eigenvalue weighted by Crippen LogP contribution is 2.68. The second-order valence-corrected chi connectivity index (χ2v) is 15.0. The number of aliphatic hydroxyl groups excluding tert-OH is 6. The number of aliphatic hydroxyl groups is 6. The number of esters is 1. The molecule has 0 aromatic carbocycles. The zero-order valence-corrected chi connectivity index (χ0v) is 26.3. The highest BCUT2D eigenvalue weighted by atomic mass is 16.6. The van der Waals surface area contributed by atoms with Crippen molar-refractivity contribution < 1.29 is 49.7 Å². The second kappa shape index (κ2) is 12.9. The van der Waals surface area contributed by atoms with Gasteiger partial charge in [0.1, 0.15) is 30.5 Å². The number of hydrogen-bond donors (Lipinski definition) is 7. The molecule has 4 aliphatic carbocycles. The predicted octanol–water partition coefficient (Wildman–Crippen LogP) is 1.02. The molecule has 0 radical (unpaired) electrons. The lowest BCUT2D eigenvalue weighted by atomic mass is 9.43. The van der Waals surface area contributed by atoms with Crippen LogP contribution in [-0.2, 0) is 19.1 Å². The molecule has 5 aliphatic rings. The predicted molar refractivity (Wildman–Crippen MR) is 158 cm³/mol. The molecule has 4 saturated carbocycles. The third-order valence-corrected chi connectivity index (χ3v) is 13.0. The fraction of sp³-hybridized carbons (Fsp3) is 0.879. The topological polar surface area (TPSA) is 186 Å². The quantitative estimate of drug-likeness (QED) is 0.152. The van der Waals surface area contributed by atoms with Crippen LogP contribution in [0.3, 0.4) is 0 Å². The Morgan fingerprint density at radius 1 is 1.05 bits per heavy atom. The van der Waals surface area contributed by atoms with Crippen molar-refractivity contribution in [1.82, 2.24) is 5.32 Å². The fourth-order valence-corrected chi connectivity index (χ4v) is 10.5. The smallest absolute Gasteiger partial charge is 0.330 e. The van der Waals surface area contributed by atoms with E-state index < -0.39 is 66.8 Å². The van der Waals surface area contributed by atoms with Crippen LogP contribution in [-0.4, -0.2) is 98.1 Å². The minimum Gasteiger partial charge on any atom is -0.459 e. The van der Waals surface area contributed by atoms with Crippen LogP contribution in [0.2, 0.25) is 0 Å². The van der Waals surface area contributed by atoms with E-state index in [1.54, 1.807) is 0 Å². The van der Waals surface area contributed by atoms with E-state index in [9.17, 15) is 40.2 Å². The Morgan fingerprint density at radius 3 is 2.45 bits per heavy atom. The first-order valence-corrected chi connectivity index (χ1v) is 16.5. The maximum atomic E-state index is 12.9. The summed E-state index contributed by atoms with van der Waals surface area (Å²) in [6, 6.07) is -1.22. The number of rotatable bonds is 8. The molecule has 0 bridgehead atoms. The van der Waals surface area contributed by atoms with Crippen LogP contribution in [0.4, 0.5) is 0 Å². The number of carbonyl (C=O) groups is 2. The number of hydrogen-bond acceptors (Lipinski definition) is 10. The van der Waals surface area contributed by atoms with Crippen LogP contribution < -0.4 is 5.32 Å². The normalized spacial score (nSPS) is 49.2. The molecule has 11 nitrogen and oxygen atoms in total. The van der Waals surface area contributed by atoms with Crippen LogP contribution in [0.5, 0.6) is 0 Å². The Bertz CT molecular complexity index is 1070. The van der Waals surface area contributed by atoms with Crippen LogP contribution in [0, 0.1) is 46.3 Å². The third-order valence-electron chi connectivity index (χ3n) is 13.0. The summed E-state index contributed by atoms with van der Waals surface area (Å²) < 4.78 is 10.7. The maximum absolute atomic E-state index is 12.9. The molecule has 5 rings (SSSR count). The molecule has 0 aromatic rings. The summed E-state index contributed by atoms with van der Waals surface area (Å²) >= 11 is 0. The molecule has 44 heavy (non-hydrogen) atoms. The minimum absolute atomic E-state index is 0.0478. The first-order chi connectivity index (χ1) is 20.8. The van der Waals surface area contributed by atoms with E-state index in [1.165, 1.54) is 6.08 Å². The summed E-state index contributed by atoms with van der Waals surface area (Å²) in [7, 11) is 0. The van der Waals surface area contributed by atoms with Gasteiger partial charge in [-0.05, 0) is 97.7 Å². The lowest BCUT2D eigenvalue weighted by Gasteiger charge is -2.63. The fourth-order valence-electron chi connectivity index (χ4n) is 10.5. The van der Waals surface area contributed by atoms with Crippen molar-refractivity contribution in [3.63, 3.8) is 0 Å². The average Bonchev–Trinajstić information content (AvgIpc) is 3.35. The Labute approximate surface area is 260 Å². The molecule has 16 unspecified atom stereocenters. The van der Waals surface area contributed by atoms with Gasteiger partial charge in [0.2, 0.25) is 5.91 Å². The van der Waals surface area contributed by atoms with E-state index >= 15 is 0 Å². The van der Waals surface area contributed by atoms with Gasteiger partial charge in [-0.15, -0.1) is 0 Å². The molecular formula is C33H53NO10. The third kappa shape index (κ3) is 5.75. The molecule has 11 heteroatoms. The van der Waals surface area contributed by atoms with Gasteiger partial charge in [0.15, 0.2) is 6.29 Å². The van der Waals surface area contributed by atoms with Crippen molar-refractivity contribution in [3.05, 3.63) is 12.7 Å². The standard InChI is InChI=1S/C33H53NO10/c1-5-26(39)43-18-10-11-32(3)17(12-18)13-22(36)27-20-8-7-19(33(20,4)24(37)14-21(27)32)16(2)6-9-25(38)34-28-30(41)29(40)23(15-35)44-31(28)42/h5,16-24,27-31,35-37,40-42H,1,6-15H2,2-4H3,(H,34,38). The van der Waals surface area contributed by atoms with Gasteiger partial charge in [0.25, 0.3) is 0 Å². The Balaban J connectivity index is 1.22. The summed E-state index contributed by atoms with van der Waals surface area (Å²) in [4.78, 5) is 24.7. The van der Waals surface area contributed by atoms with Crippen molar-refractivity contribution in [2.24, 2.45) is 46.3 Å². The van der Waals surface area contributed by atoms with Crippen LogP contribution in [0.1, 0.15) is 78.6 Å². The summed E-state index contributed by atoms with van der Waals surface area (Å²) in [6.07, 6.45) is 0.513. The van der Waals surface area contributed by atoms with Gasteiger partial charge in [-0.25, -0.2) is 4.79 Å². The van der Waals surface area contributed by atoms with E-state index in [0.717, 1.165) is 32.1 Å². The first kappa shape index (κ1) is 33.8. The van der Waals surface area contributed by atoms with Crippen molar-refractivity contribution in [3.8, 4) is 0 Å². The molecular weight excluding hydrogens is 570 g/mol. The number of nitrogens with one attached hydrogen (secondary N) is 1. The Morgan fingerprint density at radius 2 is 1.77 bits per heavy atom. The molecule has 0 aromatic heterocycles. The Hall–Kier alpha value is -1.60. The number of fused-ring (bicyclic) bond motifs is 5. The van der Waals surface area contributed by atoms with Gasteiger partial charge in [0, 0.05) is 12.5 Å². The highest BCUT2D eigenvalue weighted by molar-refractivity contribution is 5.81. The molecule has 7 N–H and O–H groups in total. The largest absolute Gasteiger partial charge is 0.459 e. The molecule has 0 spiro atoms. The zero-order chi connectivity index (χ0) is 32.1. The highest BCUT2D eigenvalue weighted by Gasteiger charge is 2.66. The van der Waals surface area contributed by atoms with Gasteiger partial charge >= 0.3 is 5.97 Å². The lowest BCUT2D eigenvalue weighted by molar-refractivity contribution is -0.253. The second-order valence-electron chi connectivity index (χ2n) is 15.0. The summed E-state index contributed by atoms with van der Waals surface area (Å²) in [5.74, 6) is 0.0899. The van der Waals surface area contributed by atoms with Crippen LogP contribution >= 0.6 is 0 Å². The first-order valence-electron chi connectivity index (χ1n) is 16.5. The molecule has 16 atom stereocenters. The average molecular weight is 624 g/mol. The van der Waals surface area contributed by atoms with E-state index in [1.807, 2.05) is 0 Å². The van der Waals surface area contributed by atoms with Crippen LogP contribution in [0.25, 0.3) is 0 Å². The molecule has 1 amide bonds. The van der Waals surface area contributed by atoms with Gasteiger partial charge in [0.05, 0.1) is 18.8 Å². The van der Waals surface area contributed by atoms with E-state index in [0.29, 0.717) is 19.3 Å². The van der Waals surface area contributed by atoms with E-state index in [2.05, 4.69) is 32.7 Å².